The first kappa shape index (κ1) is 32.7. The molecule has 1 aromatic heterocycles. The number of carbonyl (C=O) groups is 3. The van der Waals surface area contributed by atoms with Gasteiger partial charge in [0.25, 0.3) is 0 Å². The number of hydrogen-bond acceptors (Lipinski definition) is 5. The van der Waals surface area contributed by atoms with E-state index in [0.717, 1.165) is 24.8 Å². The molecule has 3 aromatic rings. The number of carbonyl (C=O) groups excluding carboxylic acids is 3. The molecule has 1 aliphatic carbocycles. The molecule has 1 saturated carbocycles. The first-order valence-electron chi connectivity index (χ1n) is 15.7. The molecule has 12 heteroatoms. The maximum atomic E-state index is 14.6. The number of imidazole rings is 1. The van der Waals surface area contributed by atoms with E-state index >= 15 is 0 Å². The van der Waals surface area contributed by atoms with Crippen molar-refractivity contribution in [3.05, 3.63) is 64.2 Å². The molecule has 1 saturated heterocycles. The van der Waals surface area contributed by atoms with Gasteiger partial charge in [-0.1, -0.05) is 50.1 Å². The number of urea groups is 1. The van der Waals surface area contributed by atoms with Crippen LogP contribution in [0.4, 0.5) is 9.18 Å². The normalized spacial score (nSPS) is 20.3. The highest BCUT2D eigenvalue weighted by atomic mass is 35.5. The van der Waals surface area contributed by atoms with Crippen LogP contribution < -0.4 is 21.3 Å². The Bertz CT molecular complexity index is 1550. The number of hydrogen-bond donors (Lipinski definition) is 5. The molecule has 45 heavy (non-hydrogen) atoms. The predicted molar refractivity (Wildman–Crippen MR) is 170 cm³/mol. The van der Waals surface area contributed by atoms with Crippen LogP contribution >= 0.6 is 11.6 Å². The van der Waals surface area contributed by atoms with E-state index in [2.05, 4.69) is 26.3 Å². The lowest BCUT2D eigenvalue weighted by Gasteiger charge is -2.36. The number of aromatic nitrogens is 2. The SMILES string of the molecule is CCNC(=O)[C@H](NC(=O)C1(c2ccc3nc(C(NC(=O)NC)C(c4cccc(F)c4Cl)C(C)C)[nH]c3c2)CCOC1)C1CCC1. The standard InChI is InChI=1S/C33H42ClFN6O4/c1-5-37-30(42)27(19-8-6-9-19)40-31(43)33(14-15-45-17-33)20-12-13-23-24(16-20)39-29(38-23)28(41-32(44)36-4)25(18(2)3)21-10-7-11-22(35)26(21)34/h7,10-13,16,18-19,25,27-28H,5-6,8-9,14-15,17H2,1-4H3,(H,37,42)(H,38,39)(H,40,43)(H2,36,41,44)/t25?,27-,28?,33?/m1/s1. The van der Waals surface area contributed by atoms with Gasteiger partial charge in [0.15, 0.2) is 0 Å². The molecule has 0 bridgehead atoms. The summed E-state index contributed by atoms with van der Waals surface area (Å²) in [4.78, 5) is 47.8. The van der Waals surface area contributed by atoms with Crippen LogP contribution in [0, 0.1) is 17.7 Å². The van der Waals surface area contributed by atoms with Gasteiger partial charge in [-0.15, -0.1) is 0 Å². The quantitative estimate of drug-likeness (QED) is 0.204. The third kappa shape index (κ3) is 6.51. The van der Waals surface area contributed by atoms with E-state index in [4.69, 9.17) is 21.3 Å². The first-order chi connectivity index (χ1) is 21.6. The van der Waals surface area contributed by atoms with Crippen LogP contribution in [0.2, 0.25) is 5.02 Å². The number of halogens is 2. The average molecular weight is 641 g/mol. The lowest BCUT2D eigenvalue weighted by Crippen LogP contribution is -2.57. The number of rotatable bonds is 11. The molecule has 1 aliphatic heterocycles. The Morgan fingerprint density at radius 3 is 2.58 bits per heavy atom. The molecule has 5 N–H and O–H groups in total. The third-order valence-corrected chi connectivity index (χ3v) is 9.68. The Morgan fingerprint density at radius 2 is 1.96 bits per heavy atom. The lowest BCUT2D eigenvalue weighted by molar-refractivity contribution is -0.134. The van der Waals surface area contributed by atoms with E-state index in [1.54, 1.807) is 12.1 Å². The molecule has 4 atom stereocenters. The Hall–Kier alpha value is -3.70. The summed E-state index contributed by atoms with van der Waals surface area (Å²) in [6.45, 7) is 6.91. The van der Waals surface area contributed by atoms with E-state index in [-0.39, 0.29) is 35.3 Å². The molecule has 2 fully saturated rings. The molecule has 4 amide bonds. The molecule has 2 aliphatic rings. The van der Waals surface area contributed by atoms with Gasteiger partial charge in [-0.05, 0) is 67.3 Å². The number of ether oxygens (including phenoxy) is 1. The van der Waals surface area contributed by atoms with E-state index in [1.807, 2.05) is 39.0 Å². The number of amides is 4. The van der Waals surface area contributed by atoms with E-state index < -0.39 is 35.3 Å². The fourth-order valence-corrected chi connectivity index (χ4v) is 6.81. The summed E-state index contributed by atoms with van der Waals surface area (Å²) in [6.07, 6.45) is 3.31. The lowest BCUT2D eigenvalue weighted by atomic mass is 9.76. The van der Waals surface area contributed by atoms with E-state index in [0.29, 0.717) is 42.0 Å². The maximum absolute atomic E-state index is 14.6. The fraction of sp³-hybridized carbons (Fsp3) is 0.515. The van der Waals surface area contributed by atoms with Crippen molar-refractivity contribution in [2.24, 2.45) is 11.8 Å². The molecule has 242 valence electrons. The first-order valence-corrected chi connectivity index (χ1v) is 16.1. The minimum atomic E-state index is -0.983. The van der Waals surface area contributed by atoms with Crippen molar-refractivity contribution in [3.63, 3.8) is 0 Å². The van der Waals surface area contributed by atoms with Crippen molar-refractivity contribution < 1.29 is 23.5 Å². The second-order valence-corrected chi connectivity index (χ2v) is 12.8. The second-order valence-electron chi connectivity index (χ2n) is 12.4. The summed E-state index contributed by atoms with van der Waals surface area (Å²) in [7, 11) is 1.52. The largest absolute Gasteiger partial charge is 0.380 e. The third-order valence-electron chi connectivity index (χ3n) is 9.28. The molecule has 3 unspecified atom stereocenters. The van der Waals surface area contributed by atoms with Crippen LogP contribution in [-0.2, 0) is 19.7 Å². The minimum absolute atomic E-state index is 0.000292. The number of aromatic amines is 1. The Labute approximate surface area is 267 Å². The van der Waals surface area contributed by atoms with Crippen molar-refractivity contribution in [2.45, 2.75) is 69.9 Å². The molecule has 0 radical (unpaired) electrons. The molecule has 5 rings (SSSR count). The Balaban J connectivity index is 1.51. The Kier molecular flexibility index (Phi) is 9.98. The zero-order valence-electron chi connectivity index (χ0n) is 26.1. The summed E-state index contributed by atoms with van der Waals surface area (Å²) in [6, 6.07) is 8.55. The highest BCUT2D eigenvalue weighted by Gasteiger charge is 2.46. The number of benzene rings is 2. The van der Waals surface area contributed by atoms with Crippen LogP contribution in [-0.4, -0.2) is 60.7 Å². The van der Waals surface area contributed by atoms with Gasteiger partial charge < -0.3 is 31.0 Å². The van der Waals surface area contributed by atoms with Gasteiger partial charge in [0.2, 0.25) is 11.8 Å². The summed E-state index contributed by atoms with van der Waals surface area (Å²) in [5.74, 6) is -0.847. The zero-order chi connectivity index (χ0) is 32.3. The average Bonchev–Trinajstić information content (AvgIpc) is 3.65. The van der Waals surface area contributed by atoms with Gasteiger partial charge in [-0.3, -0.25) is 9.59 Å². The summed E-state index contributed by atoms with van der Waals surface area (Å²) in [5.41, 5.74) is 1.62. The van der Waals surface area contributed by atoms with Crippen LogP contribution in [0.5, 0.6) is 0 Å². The number of nitrogens with one attached hydrogen (secondary N) is 5. The number of fused-ring (bicyclic) bond motifs is 1. The fourth-order valence-electron chi connectivity index (χ4n) is 6.55. The van der Waals surface area contributed by atoms with Gasteiger partial charge in [0.05, 0.1) is 34.1 Å². The number of H-pyrrole nitrogens is 1. The number of nitrogens with zero attached hydrogens (tertiary/aromatic N) is 1. The van der Waals surface area contributed by atoms with Crippen LogP contribution in [0.1, 0.15) is 75.4 Å². The van der Waals surface area contributed by atoms with E-state index in [1.165, 1.54) is 13.1 Å². The van der Waals surface area contributed by atoms with Crippen LogP contribution in [0.25, 0.3) is 11.0 Å². The van der Waals surface area contributed by atoms with Gasteiger partial charge in [-0.2, -0.15) is 0 Å². The molecular formula is C33H42ClFN6O4. The molecule has 2 heterocycles. The second kappa shape index (κ2) is 13.7. The van der Waals surface area contributed by atoms with Crippen LogP contribution in [0.3, 0.4) is 0 Å². The van der Waals surface area contributed by atoms with Crippen molar-refractivity contribution in [2.75, 3.05) is 26.8 Å². The van der Waals surface area contributed by atoms with Gasteiger partial charge in [-0.25, -0.2) is 14.2 Å². The molecular weight excluding hydrogens is 599 g/mol. The van der Waals surface area contributed by atoms with E-state index in [9.17, 15) is 18.8 Å². The highest BCUT2D eigenvalue weighted by Crippen LogP contribution is 2.41. The zero-order valence-corrected chi connectivity index (χ0v) is 26.9. The molecule has 2 aromatic carbocycles. The van der Waals surface area contributed by atoms with Crippen molar-refractivity contribution in [1.82, 2.24) is 31.2 Å². The summed E-state index contributed by atoms with van der Waals surface area (Å²) in [5, 5.41) is 11.5. The topological polar surface area (TPSA) is 137 Å². The predicted octanol–water partition coefficient (Wildman–Crippen LogP) is 4.84. The van der Waals surface area contributed by atoms with Crippen LogP contribution in [0.15, 0.2) is 36.4 Å². The van der Waals surface area contributed by atoms with Crippen molar-refractivity contribution >= 4 is 40.5 Å². The molecule has 10 nitrogen and oxygen atoms in total. The number of likely N-dealkylation sites (N-methyl/N-ethyl adjacent to an activating group) is 1. The maximum Gasteiger partial charge on any atom is 0.315 e. The smallest absolute Gasteiger partial charge is 0.315 e. The van der Waals surface area contributed by atoms with Gasteiger partial charge >= 0.3 is 6.03 Å². The van der Waals surface area contributed by atoms with Crippen molar-refractivity contribution in [1.29, 1.82) is 0 Å². The van der Waals surface area contributed by atoms with Gasteiger partial charge in [0.1, 0.15) is 17.7 Å². The summed E-state index contributed by atoms with van der Waals surface area (Å²) < 4.78 is 20.3. The molecule has 0 spiro atoms. The summed E-state index contributed by atoms with van der Waals surface area (Å²) >= 11 is 6.45. The van der Waals surface area contributed by atoms with Crippen molar-refractivity contribution in [3.8, 4) is 0 Å². The van der Waals surface area contributed by atoms with Gasteiger partial charge in [0, 0.05) is 26.1 Å². The monoisotopic (exact) mass is 640 g/mol. The Morgan fingerprint density at radius 1 is 1.18 bits per heavy atom. The minimum Gasteiger partial charge on any atom is -0.380 e. The highest BCUT2D eigenvalue weighted by molar-refractivity contribution is 6.31.